The fourth-order valence-corrected chi connectivity index (χ4v) is 7.60. The average molecular weight is 595 g/mol. The summed E-state index contributed by atoms with van der Waals surface area (Å²) in [6, 6.07) is 36.1. The zero-order valence-corrected chi connectivity index (χ0v) is 26.0. The number of rotatable bonds is 7. The largest absolute Gasteiger partial charge is 0.308 e. The van der Waals surface area contributed by atoms with Crippen molar-refractivity contribution in [3.63, 3.8) is 0 Å². The molecule has 0 atom stereocenters. The summed E-state index contributed by atoms with van der Waals surface area (Å²) in [5, 5.41) is 2.38. The summed E-state index contributed by atoms with van der Waals surface area (Å²) in [4.78, 5) is 9.64. The SMILES string of the molecule is C=CCCc1ccc2c3ncccc3n(-c3ccc4c(c3)-c3cc(-n5c6cc(CCC)ccc6c6ncccc65)ccc3C4)c2c1. The molecule has 9 rings (SSSR count). The molecule has 0 fully saturated rings. The van der Waals surface area contributed by atoms with Gasteiger partial charge < -0.3 is 9.13 Å². The molecule has 0 spiro atoms. The fraction of sp³-hybridized carbons (Fsp3) is 0.143. The third-order valence-corrected chi connectivity index (χ3v) is 9.72. The van der Waals surface area contributed by atoms with E-state index in [1.165, 1.54) is 60.9 Å². The number of hydrogen-bond acceptors (Lipinski definition) is 2. The standard InChI is InChI=1S/C42H34N4/c1-3-5-9-28-13-19-34-40(23-28)46(38-11-7-21-44-42(34)38)32-17-15-30-24-29-14-16-31(25-35(29)36(30)26-32)45-37-10-6-20-43-41(37)33-18-12-27(8-4-2)22-39(33)45/h3,6-7,10-23,25-26H,1,4-5,8-9,24H2,2H3. The Hall–Kier alpha value is -5.48. The minimum Gasteiger partial charge on any atom is -0.308 e. The summed E-state index contributed by atoms with van der Waals surface area (Å²) in [5.41, 5.74) is 17.2. The number of aromatic nitrogens is 4. The minimum atomic E-state index is 0.945. The van der Waals surface area contributed by atoms with Crippen LogP contribution in [0.5, 0.6) is 0 Å². The number of pyridine rings is 2. The first-order valence-corrected chi connectivity index (χ1v) is 16.4. The molecule has 4 heterocycles. The molecule has 1 aliphatic rings. The molecule has 46 heavy (non-hydrogen) atoms. The Morgan fingerprint density at radius 1 is 0.630 bits per heavy atom. The maximum Gasteiger partial charge on any atom is 0.0963 e. The van der Waals surface area contributed by atoms with Crippen molar-refractivity contribution in [2.75, 3.05) is 0 Å². The van der Waals surface area contributed by atoms with Gasteiger partial charge in [0.15, 0.2) is 0 Å². The highest BCUT2D eigenvalue weighted by Gasteiger charge is 2.23. The predicted molar refractivity (Wildman–Crippen MR) is 191 cm³/mol. The molecule has 4 heteroatoms. The van der Waals surface area contributed by atoms with E-state index in [4.69, 9.17) is 9.97 Å². The van der Waals surface area contributed by atoms with Crippen molar-refractivity contribution in [2.45, 2.75) is 39.0 Å². The normalized spacial score (nSPS) is 12.4. The molecular formula is C42H34N4. The van der Waals surface area contributed by atoms with E-state index in [2.05, 4.69) is 108 Å². The van der Waals surface area contributed by atoms with Crippen molar-refractivity contribution < 1.29 is 0 Å². The Morgan fingerprint density at radius 3 is 1.70 bits per heavy atom. The van der Waals surface area contributed by atoms with Crippen LogP contribution in [0.3, 0.4) is 0 Å². The van der Waals surface area contributed by atoms with Crippen LogP contribution < -0.4 is 0 Å². The number of allylic oxidation sites excluding steroid dienone is 1. The minimum absolute atomic E-state index is 0.945. The molecule has 0 unspecified atom stereocenters. The maximum absolute atomic E-state index is 4.82. The summed E-state index contributed by atoms with van der Waals surface area (Å²) < 4.78 is 4.80. The van der Waals surface area contributed by atoms with Crippen LogP contribution in [-0.2, 0) is 19.3 Å². The Balaban J connectivity index is 1.23. The van der Waals surface area contributed by atoms with Crippen LogP contribution in [0.1, 0.15) is 42.0 Å². The highest BCUT2D eigenvalue weighted by Crippen LogP contribution is 2.42. The highest BCUT2D eigenvalue weighted by molar-refractivity contribution is 6.08. The van der Waals surface area contributed by atoms with Crippen molar-refractivity contribution in [1.29, 1.82) is 0 Å². The van der Waals surface area contributed by atoms with Gasteiger partial charge in [0.25, 0.3) is 0 Å². The Morgan fingerprint density at radius 2 is 1.17 bits per heavy atom. The molecule has 222 valence electrons. The van der Waals surface area contributed by atoms with Gasteiger partial charge in [0.1, 0.15) is 0 Å². The van der Waals surface area contributed by atoms with E-state index in [-0.39, 0.29) is 0 Å². The molecular weight excluding hydrogens is 560 g/mol. The van der Waals surface area contributed by atoms with Gasteiger partial charge in [-0.25, -0.2) is 0 Å². The second-order valence-electron chi connectivity index (χ2n) is 12.6. The quantitative estimate of drug-likeness (QED) is 0.172. The first kappa shape index (κ1) is 26.9. The van der Waals surface area contributed by atoms with Crippen molar-refractivity contribution in [3.8, 4) is 22.5 Å². The van der Waals surface area contributed by atoms with Gasteiger partial charge in [0.2, 0.25) is 0 Å². The Labute approximate surface area is 268 Å². The molecule has 4 aromatic carbocycles. The van der Waals surface area contributed by atoms with Gasteiger partial charge in [0.05, 0.1) is 33.1 Å². The monoisotopic (exact) mass is 594 g/mol. The van der Waals surface area contributed by atoms with Gasteiger partial charge in [-0.05, 0) is 120 Å². The topological polar surface area (TPSA) is 35.6 Å². The molecule has 1 aliphatic carbocycles. The maximum atomic E-state index is 4.82. The van der Waals surface area contributed by atoms with Crippen LogP contribution in [0.4, 0.5) is 0 Å². The van der Waals surface area contributed by atoms with E-state index >= 15 is 0 Å². The van der Waals surface area contributed by atoms with Crippen molar-refractivity contribution in [3.05, 3.63) is 144 Å². The van der Waals surface area contributed by atoms with Crippen molar-refractivity contribution >= 4 is 43.9 Å². The molecule has 0 bridgehead atoms. The van der Waals surface area contributed by atoms with Gasteiger partial charge in [-0.15, -0.1) is 6.58 Å². The van der Waals surface area contributed by atoms with E-state index in [0.717, 1.165) is 59.9 Å². The van der Waals surface area contributed by atoms with E-state index in [1.807, 2.05) is 30.6 Å². The first-order valence-electron chi connectivity index (χ1n) is 16.4. The van der Waals surface area contributed by atoms with Gasteiger partial charge >= 0.3 is 0 Å². The van der Waals surface area contributed by atoms with Crippen molar-refractivity contribution in [1.82, 2.24) is 19.1 Å². The van der Waals surface area contributed by atoms with Gasteiger partial charge in [0, 0.05) is 34.5 Å². The van der Waals surface area contributed by atoms with Gasteiger partial charge in [-0.3, -0.25) is 9.97 Å². The van der Waals surface area contributed by atoms with Crippen molar-refractivity contribution in [2.24, 2.45) is 0 Å². The smallest absolute Gasteiger partial charge is 0.0963 e. The zero-order chi connectivity index (χ0) is 30.8. The molecule has 0 amide bonds. The van der Waals surface area contributed by atoms with E-state index in [1.54, 1.807) is 0 Å². The van der Waals surface area contributed by atoms with Crippen LogP contribution >= 0.6 is 0 Å². The average Bonchev–Trinajstić information content (AvgIpc) is 3.74. The van der Waals surface area contributed by atoms with Crippen LogP contribution in [0, 0.1) is 0 Å². The summed E-state index contributed by atoms with van der Waals surface area (Å²) >= 11 is 0. The number of nitrogens with zero attached hydrogens (tertiary/aromatic N) is 4. The van der Waals surface area contributed by atoms with Crippen LogP contribution in [0.2, 0.25) is 0 Å². The molecule has 4 aromatic heterocycles. The third-order valence-electron chi connectivity index (χ3n) is 9.72. The number of hydrogen-bond donors (Lipinski definition) is 0. The van der Waals surface area contributed by atoms with E-state index in [0.29, 0.717) is 0 Å². The second kappa shape index (κ2) is 10.6. The molecule has 0 saturated carbocycles. The highest BCUT2D eigenvalue weighted by atomic mass is 15.0. The first-order chi connectivity index (χ1) is 22.7. The Bertz CT molecular complexity index is 2490. The van der Waals surface area contributed by atoms with Gasteiger partial charge in [-0.1, -0.05) is 55.8 Å². The lowest BCUT2D eigenvalue weighted by Gasteiger charge is -2.13. The molecule has 8 aromatic rings. The number of aryl methyl sites for hydroxylation is 2. The summed E-state index contributed by atoms with van der Waals surface area (Å²) in [5.74, 6) is 0. The van der Waals surface area contributed by atoms with Crippen LogP contribution in [0.15, 0.2) is 122 Å². The van der Waals surface area contributed by atoms with Crippen LogP contribution in [0.25, 0.3) is 66.4 Å². The molecule has 0 radical (unpaired) electrons. The molecule has 0 aliphatic heterocycles. The lowest BCUT2D eigenvalue weighted by molar-refractivity contribution is 0.922. The number of fused-ring (bicyclic) bond motifs is 9. The fourth-order valence-electron chi connectivity index (χ4n) is 7.60. The van der Waals surface area contributed by atoms with Gasteiger partial charge in [-0.2, -0.15) is 0 Å². The second-order valence-corrected chi connectivity index (χ2v) is 12.6. The molecule has 4 nitrogen and oxygen atoms in total. The lowest BCUT2D eigenvalue weighted by Crippen LogP contribution is -1.97. The summed E-state index contributed by atoms with van der Waals surface area (Å²) in [6.07, 6.45) is 10.9. The molecule has 0 saturated heterocycles. The lowest BCUT2D eigenvalue weighted by atomic mass is 10.0. The number of benzene rings is 4. The van der Waals surface area contributed by atoms with Crippen LogP contribution in [-0.4, -0.2) is 19.1 Å². The molecule has 0 N–H and O–H groups in total. The summed E-state index contributed by atoms with van der Waals surface area (Å²) in [6.45, 7) is 6.17. The van der Waals surface area contributed by atoms with E-state index < -0.39 is 0 Å². The zero-order valence-electron chi connectivity index (χ0n) is 26.0. The summed E-state index contributed by atoms with van der Waals surface area (Å²) in [7, 11) is 0. The Kier molecular flexibility index (Phi) is 6.17. The van der Waals surface area contributed by atoms with E-state index in [9.17, 15) is 0 Å². The third kappa shape index (κ3) is 4.06. The predicted octanol–water partition coefficient (Wildman–Crippen LogP) is 10.3.